The summed E-state index contributed by atoms with van der Waals surface area (Å²) in [5.74, 6) is -0.427. The van der Waals surface area contributed by atoms with Crippen LogP contribution in [0.2, 0.25) is 5.02 Å². The minimum Gasteiger partial charge on any atom is -0.484 e. The minimum absolute atomic E-state index is 0.115. The highest BCUT2D eigenvalue weighted by Gasteiger charge is 2.08. The van der Waals surface area contributed by atoms with Gasteiger partial charge in [-0.15, -0.1) is 0 Å². The molecule has 2 aromatic carbocycles. The zero-order valence-electron chi connectivity index (χ0n) is 11.8. The van der Waals surface area contributed by atoms with Gasteiger partial charge in [-0.3, -0.25) is 4.79 Å². The van der Waals surface area contributed by atoms with E-state index in [9.17, 15) is 14.3 Å². The van der Waals surface area contributed by atoms with E-state index in [1.165, 1.54) is 12.1 Å². The lowest BCUT2D eigenvalue weighted by molar-refractivity contribution is -0.118. The molecule has 2 aromatic rings. The van der Waals surface area contributed by atoms with Crippen LogP contribution in [0.5, 0.6) is 5.75 Å². The SMILES string of the molecule is CC(O)c1cccc(OCC(=O)Nc2ccc(F)cc2Cl)c1. The van der Waals surface area contributed by atoms with Gasteiger partial charge in [0.2, 0.25) is 0 Å². The van der Waals surface area contributed by atoms with Crippen molar-refractivity contribution in [1.82, 2.24) is 0 Å². The molecule has 0 bridgehead atoms. The lowest BCUT2D eigenvalue weighted by Crippen LogP contribution is -2.20. The average molecular weight is 324 g/mol. The van der Waals surface area contributed by atoms with Gasteiger partial charge in [0.1, 0.15) is 11.6 Å². The van der Waals surface area contributed by atoms with Gasteiger partial charge in [-0.2, -0.15) is 0 Å². The number of rotatable bonds is 5. The molecular formula is C16H15ClFNO3. The molecule has 0 saturated carbocycles. The smallest absolute Gasteiger partial charge is 0.262 e. The van der Waals surface area contributed by atoms with Gasteiger partial charge >= 0.3 is 0 Å². The van der Waals surface area contributed by atoms with Crippen molar-refractivity contribution in [3.05, 3.63) is 58.9 Å². The Morgan fingerprint density at radius 1 is 1.36 bits per heavy atom. The Hall–Kier alpha value is -2.11. The molecule has 2 N–H and O–H groups in total. The second kappa shape index (κ2) is 7.24. The summed E-state index contributed by atoms with van der Waals surface area (Å²) in [6.45, 7) is 1.42. The van der Waals surface area contributed by atoms with Crippen molar-refractivity contribution in [2.24, 2.45) is 0 Å². The first kappa shape index (κ1) is 16.3. The zero-order chi connectivity index (χ0) is 16.1. The molecule has 6 heteroatoms. The Bertz CT molecular complexity index is 676. The van der Waals surface area contributed by atoms with Crippen LogP contribution in [0.15, 0.2) is 42.5 Å². The molecule has 116 valence electrons. The van der Waals surface area contributed by atoms with Crippen molar-refractivity contribution in [1.29, 1.82) is 0 Å². The largest absolute Gasteiger partial charge is 0.484 e. The molecule has 0 aliphatic heterocycles. The molecule has 4 nitrogen and oxygen atoms in total. The van der Waals surface area contributed by atoms with Crippen molar-refractivity contribution in [2.45, 2.75) is 13.0 Å². The Morgan fingerprint density at radius 2 is 2.14 bits per heavy atom. The molecule has 0 aromatic heterocycles. The lowest BCUT2D eigenvalue weighted by atomic mass is 10.1. The van der Waals surface area contributed by atoms with Crippen LogP contribution in [-0.4, -0.2) is 17.6 Å². The van der Waals surface area contributed by atoms with Gasteiger partial charge in [0, 0.05) is 0 Å². The van der Waals surface area contributed by atoms with Crippen LogP contribution >= 0.6 is 11.6 Å². The number of aliphatic hydroxyl groups is 1. The van der Waals surface area contributed by atoms with Crippen LogP contribution in [0.4, 0.5) is 10.1 Å². The first-order chi connectivity index (χ1) is 10.5. The number of anilines is 1. The molecule has 22 heavy (non-hydrogen) atoms. The number of amides is 1. The monoisotopic (exact) mass is 323 g/mol. The Kier molecular flexibility index (Phi) is 5.35. The third-order valence-corrected chi connectivity index (χ3v) is 3.23. The van der Waals surface area contributed by atoms with E-state index in [1.807, 2.05) is 0 Å². The van der Waals surface area contributed by atoms with Crippen LogP contribution in [0.3, 0.4) is 0 Å². The molecule has 0 aliphatic rings. The van der Waals surface area contributed by atoms with Crippen molar-refractivity contribution in [3.63, 3.8) is 0 Å². The van der Waals surface area contributed by atoms with Gasteiger partial charge in [-0.25, -0.2) is 4.39 Å². The van der Waals surface area contributed by atoms with Gasteiger partial charge in [0.25, 0.3) is 5.91 Å². The number of hydrogen-bond acceptors (Lipinski definition) is 3. The van der Waals surface area contributed by atoms with Gasteiger partial charge in [0.05, 0.1) is 16.8 Å². The highest BCUT2D eigenvalue weighted by Crippen LogP contribution is 2.22. The van der Waals surface area contributed by atoms with E-state index in [1.54, 1.807) is 31.2 Å². The van der Waals surface area contributed by atoms with Crippen molar-refractivity contribution in [3.8, 4) is 5.75 Å². The van der Waals surface area contributed by atoms with Crippen molar-refractivity contribution >= 4 is 23.2 Å². The van der Waals surface area contributed by atoms with E-state index in [2.05, 4.69) is 5.32 Å². The predicted molar refractivity (Wildman–Crippen MR) is 82.6 cm³/mol. The molecule has 1 atom stereocenters. The summed E-state index contributed by atoms with van der Waals surface area (Å²) >= 11 is 5.82. The summed E-state index contributed by atoms with van der Waals surface area (Å²) in [5.41, 5.74) is 1.01. The third-order valence-electron chi connectivity index (χ3n) is 2.92. The predicted octanol–water partition coefficient (Wildman–Crippen LogP) is 3.55. The number of nitrogens with one attached hydrogen (secondary N) is 1. The molecule has 0 aliphatic carbocycles. The Morgan fingerprint density at radius 3 is 2.82 bits per heavy atom. The first-order valence-electron chi connectivity index (χ1n) is 6.61. The number of ether oxygens (including phenoxy) is 1. The molecule has 1 amide bonds. The molecule has 0 heterocycles. The van der Waals surface area contributed by atoms with Crippen LogP contribution in [0, 0.1) is 5.82 Å². The molecular weight excluding hydrogens is 309 g/mol. The van der Waals surface area contributed by atoms with E-state index < -0.39 is 17.8 Å². The number of benzene rings is 2. The Labute approximate surface area is 132 Å². The summed E-state index contributed by atoms with van der Waals surface area (Å²) in [7, 11) is 0. The minimum atomic E-state index is -0.615. The number of carbonyl (C=O) groups excluding carboxylic acids is 1. The van der Waals surface area contributed by atoms with E-state index >= 15 is 0 Å². The van der Waals surface area contributed by atoms with Gasteiger partial charge in [-0.1, -0.05) is 23.7 Å². The maximum atomic E-state index is 12.9. The van der Waals surface area contributed by atoms with Gasteiger partial charge in [-0.05, 0) is 42.8 Å². The van der Waals surface area contributed by atoms with Crippen LogP contribution < -0.4 is 10.1 Å². The fourth-order valence-corrected chi connectivity index (χ4v) is 2.00. The number of aliphatic hydroxyl groups excluding tert-OH is 1. The first-order valence-corrected chi connectivity index (χ1v) is 6.99. The molecule has 0 saturated heterocycles. The zero-order valence-corrected chi connectivity index (χ0v) is 12.6. The second-order valence-corrected chi connectivity index (χ2v) is 5.12. The van der Waals surface area contributed by atoms with E-state index in [4.69, 9.17) is 16.3 Å². The van der Waals surface area contributed by atoms with Crippen LogP contribution in [-0.2, 0) is 4.79 Å². The quantitative estimate of drug-likeness (QED) is 0.884. The topological polar surface area (TPSA) is 58.6 Å². The van der Waals surface area contributed by atoms with Gasteiger partial charge in [0.15, 0.2) is 6.61 Å². The number of halogens is 2. The number of hydrogen-bond donors (Lipinski definition) is 2. The summed E-state index contributed by atoms with van der Waals surface area (Å²) < 4.78 is 18.3. The summed E-state index contributed by atoms with van der Waals surface area (Å²) in [6, 6.07) is 10.5. The summed E-state index contributed by atoms with van der Waals surface area (Å²) in [6.07, 6.45) is -0.615. The molecule has 1 unspecified atom stereocenters. The lowest BCUT2D eigenvalue weighted by Gasteiger charge is -2.10. The maximum absolute atomic E-state index is 12.9. The molecule has 0 spiro atoms. The number of carbonyl (C=O) groups is 1. The maximum Gasteiger partial charge on any atom is 0.262 e. The second-order valence-electron chi connectivity index (χ2n) is 4.71. The summed E-state index contributed by atoms with van der Waals surface area (Å²) in [4.78, 5) is 11.8. The normalized spacial score (nSPS) is 11.8. The van der Waals surface area contributed by atoms with E-state index in [0.29, 0.717) is 17.0 Å². The fraction of sp³-hybridized carbons (Fsp3) is 0.188. The summed E-state index contributed by atoms with van der Waals surface area (Å²) in [5, 5.41) is 12.1. The highest BCUT2D eigenvalue weighted by molar-refractivity contribution is 6.33. The Balaban J connectivity index is 1.94. The standard InChI is InChI=1S/C16H15ClFNO3/c1-10(20)11-3-2-4-13(7-11)22-9-16(21)19-15-6-5-12(18)8-14(15)17/h2-8,10,20H,9H2,1H3,(H,19,21). The third kappa shape index (κ3) is 4.44. The molecule has 0 fully saturated rings. The van der Waals surface area contributed by atoms with E-state index in [0.717, 1.165) is 6.07 Å². The average Bonchev–Trinajstić information content (AvgIpc) is 2.48. The highest BCUT2D eigenvalue weighted by atomic mass is 35.5. The van der Waals surface area contributed by atoms with E-state index in [-0.39, 0.29) is 11.6 Å². The van der Waals surface area contributed by atoms with Crippen LogP contribution in [0.1, 0.15) is 18.6 Å². The van der Waals surface area contributed by atoms with Gasteiger partial charge < -0.3 is 15.2 Å². The fourth-order valence-electron chi connectivity index (χ4n) is 1.79. The molecule has 2 rings (SSSR count). The van der Waals surface area contributed by atoms with Crippen molar-refractivity contribution in [2.75, 3.05) is 11.9 Å². The van der Waals surface area contributed by atoms with Crippen LogP contribution in [0.25, 0.3) is 0 Å². The molecule has 0 radical (unpaired) electrons. The van der Waals surface area contributed by atoms with Crippen molar-refractivity contribution < 1.29 is 19.0 Å².